The second-order valence-corrected chi connectivity index (χ2v) is 5.41. The Labute approximate surface area is 119 Å². The van der Waals surface area contributed by atoms with Gasteiger partial charge < -0.3 is 15.7 Å². The summed E-state index contributed by atoms with van der Waals surface area (Å²) in [6.07, 6.45) is 4.94. The fourth-order valence-corrected chi connectivity index (χ4v) is 2.71. The summed E-state index contributed by atoms with van der Waals surface area (Å²) in [6.45, 7) is 3.24. The summed E-state index contributed by atoms with van der Waals surface area (Å²) in [5, 5.41) is 14.3. The van der Waals surface area contributed by atoms with E-state index in [0.29, 0.717) is 12.8 Å². The third kappa shape index (κ3) is 4.83. The molecule has 0 saturated heterocycles. The number of carbonyl (C=O) groups excluding carboxylic acids is 2. The Kier molecular flexibility index (Phi) is 6.48. The second kappa shape index (κ2) is 7.87. The topological polar surface area (TPSA) is 95.5 Å². The van der Waals surface area contributed by atoms with E-state index in [1.807, 2.05) is 6.92 Å². The molecule has 1 aliphatic carbocycles. The van der Waals surface area contributed by atoms with Crippen LogP contribution in [0.3, 0.4) is 0 Å². The highest BCUT2D eigenvalue weighted by atomic mass is 16.4. The van der Waals surface area contributed by atoms with E-state index in [1.165, 1.54) is 6.92 Å². The molecule has 2 amide bonds. The van der Waals surface area contributed by atoms with Crippen LogP contribution in [0.4, 0.5) is 0 Å². The van der Waals surface area contributed by atoms with E-state index >= 15 is 0 Å². The molecule has 0 heterocycles. The van der Waals surface area contributed by atoms with Crippen LogP contribution in [-0.2, 0) is 14.4 Å². The molecule has 1 rings (SSSR count). The van der Waals surface area contributed by atoms with Gasteiger partial charge in [0.15, 0.2) is 0 Å². The van der Waals surface area contributed by atoms with Crippen molar-refractivity contribution in [1.82, 2.24) is 10.6 Å². The maximum atomic E-state index is 12.3. The molecule has 2 unspecified atom stereocenters. The molecule has 0 spiro atoms. The number of aliphatic carboxylic acids is 1. The average molecular weight is 284 g/mol. The van der Waals surface area contributed by atoms with Crippen molar-refractivity contribution in [2.75, 3.05) is 0 Å². The Hall–Kier alpha value is -1.59. The molecule has 3 N–H and O–H groups in total. The van der Waals surface area contributed by atoms with E-state index in [1.54, 1.807) is 0 Å². The van der Waals surface area contributed by atoms with Gasteiger partial charge in [-0.25, -0.2) is 4.79 Å². The maximum Gasteiger partial charge on any atom is 0.326 e. The number of rotatable bonds is 7. The Morgan fingerprint density at radius 3 is 2.25 bits per heavy atom. The Morgan fingerprint density at radius 2 is 1.80 bits per heavy atom. The third-order valence-electron chi connectivity index (χ3n) is 3.70. The highest BCUT2D eigenvalue weighted by Crippen LogP contribution is 2.28. The SMILES string of the molecule is CCCC(NC(=O)C(NC(C)=O)C1CCCC1)C(=O)O. The average Bonchev–Trinajstić information content (AvgIpc) is 2.88. The van der Waals surface area contributed by atoms with Crippen molar-refractivity contribution < 1.29 is 19.5 Å². The molecule has 0 aromatic rings. The van der Waals surface area contributed by atoms with Crippen molar-refractivity contribution in [2.45, 2.75) is 64.5 Å². The van der Waals surface area contributed by atoms with Gasteiger partial charge in [-0.15, -0.1) is 0 Å². The lowest BCUT2D eigenvalue weighted by Gasteiger charge is -2.25. The van der Waals surface area contributed by atoms with Crippen LogP contribution < -0.4 is 10.6 Å². The molecule has 114 valence electrons. The van der Waals surface area contributed by atoms with Gasteiger partial charge in [0.25, 0.3) is 0 Å². The van der Waals surface area contributed by atoms with Gasteiger partial charge in [-0.2, -0.15) is 0 Å². The van der Waals surface area contributed by atoms with Crippen LogP contribution in [0.15, 0.2) is 0 Å². The predicted molar refractivity (Wildman–Crippen MR) is 74.0 cm³/mol. The number of carboxylic acid groups (broad SMARTS) is 1. The van der Waals surface area contributed by atoms with Crippen molar-refractivity contribution in [1.29, 1.82) is 0 Å². The molecule has 1 aliphatic rings. The molecule has 0 bridgehead atoms. The zero-order valence-electron chi connectivity index (χ0n) is 12.1. The zero-order chi connectivity index (χ0) is 15.1. The van der Waals surface area contributed by atoms with Gasteiger partial charge in [0.1, 0.15) is 12.1 Å². The Balaban J connectivity index is 2.70. The van der Waals surface area contributed by atoms with Gasteiger partial charge in [0, 0.05) is 6.92 Å². The monoisotopic (exact) mass is 284 g/mol. The van der Waals surface area contributed by atoms with Crippen molar-refractivity contribution >= 4 is 17.8 Å². The highest BCUT2D eigenvalue weighted by Gasteiger charge is 2.33. The first-order valence-corrected chi connectivity index (χ1v) is 7.26. The summed E-state index contributed by atoms with van der Waals surface area (Å²) in [6, 6.07) is -1.50. The van der Waals surface area contributed by atoms with E-state index < -0.39 is 18.1 Å². The highest BCUT2D eigenvalue weighted by molar-refractivity contribution is 5.90. The van der Waals surface area contributed by atoms with Gasteiger partial charge >= 0.3 is 5.97 Å². The molecule has 0 aromatic heterocycles. The Morgan fingerprint density at radius 1 is 1.20 bits per heavy atom. The van der Waals surface area contributed by atoms with Crippen LogP contribution in [0.5, 0.6) is 0 Å². The van der Waals surface area contributed by atoms with Crippen molar-refractivity contribution in [3.63, 3.8) is 0 Å². The quantitative estimate of drug-likeness (QED) is 0.651. The van der Waals surface area contributed by atoms with Crippen LogP contribution in [0.25, 0.3) is 0 Å². The van der Waals surface area contributed by atoms with Gasteiger partial charge in [0.2, 0.25) is 11.8 Å². The summed E-state index contributed by atoms with van der Waals surface area (Å²) in [4.78, 5) is 34.6. The largest absolute Gasteiger partial charge is 0.480 e. The van der Waals surface area contributed by atoms with E-state index in [2.05, 4.69) is 10.6 Å². The number of carboxylic acids is 1. The first-order chi connectivity index (χ1) is 9.45. The number of hydrogen-bond acceptors (Lipinski definition) is 3. The van der Waals surface area contributed by atoms with E-state index in [4.69, 9.17) is 5.11 Å². The number of amides is 2. The molecule has 1 saturated carbocycles. The third-order valence-corrected chi connectivity index (χ3v) is 3.70. The summed E-state index contributed by atoms with van der Waals surface area (Å²) < 4.78 is 0. The van der Waals surface area contributed by atoms with Crippen LogP contribution >= 0.6 is 0 Å². The smallest absolute Gasteiger partial charge is 0.326 e. The summed E-state index contributed by atoms with van der Waals surface area (Å²) in [7, 11) is 0. The molecule has 1 fully saturated rings. The standard InChI is InChI=1S/C14H24N2O4/c1-3-6-11(14(19)20)16-13(18)12(15-9(2)17)10-7-4-5-8-10/h10-12H,3-8H2,1-2H3,(H,15,17)(H,16,18)(H,19,20). The fraction of sp³-hybridized carbons (Fsp3) is 0.786. The molecule has 0 aromatic carbocycles. The summed E-state index contributed by atoms with van der Waals surface area (Å²) in [5.74, 6) is -1.57. The minimum absolute atomic E-state index is 0.106. The molecular weight excluding hydrogens is 260 g/mol. The van der Waals surface area contributed by atoms with E-state index in [-0.39, 0.29) is 17.7 Å². The summed E-state index contributed by atoms with van der Waals surface area (Å²) >= 11 is 0. The fourth-order valence-electron chi connectivity index (χ4n) is 2.71. The Bertz CT molecular complexity index is 364. The lowest BCUT2D eigenvalue weighted by molar-refractivity contribution is -0.142. The maximum absolute atomic E-state index is 12.3. The normalized spacial score (nSPS) is 18.3. The zero-order valence-corrected chi connectivity index (χ0v) is 12.1. The van der Waals surface area contributed by atoms with Gasteiger partial charge in [-0.1, -0.05) is 26.2 Å². The summed E-state index contributed by atoms with van der Waals surface area (Å²) in [5.41, 5.74) is 0. The molecule has 0 radical (unpaired) electrons. The molecular formula is C14H24N2O4. The van der Waals surface area contributed by atoms with Gasteiger partial charge in [0.05, 0.1) is 0 Å². The van der Waals surface area contributed by atoms with E-state index in [0.717, 1.165) is 25.7 Å². The van der Waals surface area contributed by atoms with Crippen LogP contribution in [-0.4, -0.2) is 35.0 Å². The van der Waals surface area contributed by atoms with Gasteiger partial charge in [-0.05, 0) is 25.2 Å². The van der Waals surface area contributed by atoms with Crippen LogP contribution in [0, 0.1) is 5.92 Å². The number of nitrogens with one attached hydrogen (secondary N) is 2. The number of carbonyl (C=O) groups is 3. The molecule has 6 nitrogen and oxygen atoms in total. The molecule has 0 aliphatic heterocycles. The first-order valence-electron chi connectivity index (χ1n) is 7.26. The molecule has 2 atom stereocenters. The van der Waals surface area contributed by atoms with Crippen molar-refractivity contribution in [2.24, 2.45) is 5.92 Å². The number of hydrogen-bond donors (Lipinski definition) is 3. The molecule has 20 heavy (non-hydrogen) atoms. The van der Waals surface area contributed by atoms with Crippen molar-refractivity contribution in [3.8, 4) is 0 Å². The van der Waals surface area contributed by atoms with Gasteiger partial charge in [-0.3, -0.25) is 9.59 Å². The molecule has 6 heteroatoms. The second-order valence-electron chi connectivity index (χ2n) is 5.41. The first kappa shape index (κ1) is 16.5. The minimum Gasteiger partial charge on any atom is -0.480 e. The van der Waals surface area contributed by atoms with Crippen LogP contribution in [0.2, 0.25) is 0 Å². The lowest BCUT2D eigenvalue weighted by atomic mass is 9.96. The predicted octanol–water partition coefficient (Wildman–Crippen LogP) is 1.05. The van der Waals surface area contributed by atoms with Crippen molar-refractivity contribution in [3.05, 3.63) is 0 Å². The minimum atomic E-state index is -1.03. The van der Waals surface area contributed by atoms with E-state index in [9.17, 15) is 14.4 Å². The van der Waals surface area contributed by atoms with Crippen LogP contribution in [0.1, 0.15) is 52.4 Å². The lowest BCUT2D eigenvalue weighted by Crippen LogP contribution is -2.53.